The molecule has 0 aliphatic carbocycles. The van der Waals surface area contributed by atoms with E-state index in [2.05, 4.69) is 12.2 Å². The standard InChI is InChI=1S/C12H24N2OS/c1-10(2)14(4)11(15)8-13-9-12(3)6-5-7-16-12/h10,13H,5-9H2,1-4H3. The molecule has 1 heterocycles. The third-order valence-corrected chi connectivity index (χ3v) is 4.78. The van der Waals surface area contributed by atoms with Gasteiger partial charge in [0.15, 0.2) is 0 Å². The van der Waals surface area contributed by atoms with Crippen LogP contribution in [-0.2, 0) is 4.79 Å². The lowest BCUT2D eigenvalue weighted by Gasteiger charge is -2.25. The molecular formula is C12H24N2OS. The van der Waals surface area contributed by atoms with Gasteiger partial charge in [0.25, 0.3) is 0 Å². The number of likely N-dealkylation sites (N-methyl/N-ethyl adjacent to an activating group) is 1. The van der Waals surface area contributed by atoms with Crippen molar-refractivity contribution in [1.82, 2.24) is 10.2 Å². The van der Waals surface area contributed by atoms with Crippen LogP contribution in [0.5, 0.6) is 0 Å². The van der Waals surface area contributed by atoms with Gasteiger partial charge in [-0.05, 0) is 39.4 Å². The number of nitrogens with zero attached hydrogens (tertiary/aromatic N) is 1. The molecule has 0 aromatic heterocycles. The second-order valence-corrected chi connectivity index (χ2v) is 6.79. The van der Waals surface area contributed by atoms with Crippen LogP contribution in [0.15, 0.2) is 0 Å². The zero-order chi connectivity index (χ0) is 12.2. The van der Waals surface area contributed by atoms with Crippen LogP contribution in [0.2, 0.25) is 0 Å². The number of amides is 1. The number of hydrogen-bond acceptors (Lipinski definition) is 3. The molecule has 1 aliphatic heterocycles. The van der Waals surface area contributed by atoms with Crippen LogP contribution in [-0.4, -0.2) is 47.5 Å². The smallest absolute Gasteiger partial charge is 0.236 e. The molecular weight excluding hydrogens is 220 g/mol. The van der Waals surface area contributed by atoms with Crippen molar-refractivity contribution in [3.05, 3.63) is 0 Å². The Morgan fingerprint density at radius 1 is 1.56 bits per heavy atom. The Morgan fingerprint density at radius 3 is 2.75 bits per heavy atom. The molecule has 1 saturated heterocycles. The first-order valence-corrected chi connectivity index (χ1v) is 7.03. The number of hydrogen-bond donors (Lipinski definition) is 1. The van der Waals surface area contributed by atoms with Crippen molar-refractivity contribution in [2.24, 2.45) is 0 Å². The van der Waals surface area contributed by atoms with Crippen LogP contribution >= 0.6 is 11.8 Å². The Morgan fingerprint density at radius 2 is 2.25 bits per heavy atom. The number of carbonyl (C=O) groups is 1. The van der Waals surface area contributed by atoms with E-state index in [1.807, 2.05) is 32.7 Å². The summed E-state index contributed by atoms with van der Waals surface area (Å²) in [6.07, 6.45) is 2.57. The Labute approximate surface area is 103 Å². The van der Waals surface area contributed by atoms with Gasteiger partial charge in [-0.3, -0.25) is 4.79 Å². The number of carbonyl (C=O) groups excluding carboxylic acids is 1. The maximum atomic E-state index is 11.7. The minimum absolute atomic E-state index is 0.182. The molecule has 1 N–H and O–H groups in total. The predicted octanol–water partition coefficient (Wildman–Crippen LogP) is 1.73. The van der Waals surface area contributed by atoms with E-state index in [9.17, 15) is 4.79 Å². The van der Waals surface area contributed by atoms with E-state index in [4.69, 9.17) is 0 Å². The molecule has 0 aromatic carbocycles. The van der Waals surface area contributed by atoms with E-state index in [1.165, 1.54) is 18.6 Å². The van der Waals surface area contributed by atoms with Crippen molar-refractivity contribution in [2.45, 2.75) is 44.4 Å². The van der Waals surface area contributed by atoms with E-state index in [0.29, 0.717) is 11.3 Å². The van der Waals surface area contributed by atoms with Crippen molar-refractivity contribution in [3.63, 3.8) is 0 Å². The average molecular weight is 244 g/mol. The third kappa shape index (κ3) is 3.98. The molecule has 4 heteroatoms. The number of thioether (sulfide) groups is 1. The molecule has 1 atom stereocenters. The number of rotatable bonds is 5. The first kappa shape index (κ1) is 13.8. The molecule has 1 fully saturated rings. The summed E-state index contributed by atoms with van der Waals surface area (Å²) in [5.41, 5.74) is 0. The van der Waals surface area contributed by atoms with Crippen molar-refractivity contribution >= 4 is 17.7 Å². The summed E-state index contributed by atoms with van der Waals surface area (Å²) in [6, 6.07) is 0.283. The topological polar surface area (TPSA) is 32.3 Å². The second kappa shape index (κ2) is 5.92. The molecule has 0 spiro atoms. The molecule has 94 valence electrons. The van der Waals surface area contributed by atoms with Crippen LogP contribution in [0.1, 0.15) is 33.6 Å². The minimum Gasteiger partial charge on any atom is -0.342 e. The van der Waals surface area contributed by atoms with Gasteiger partial charge in [0.1, 0.15) is 0 Å². The fraction of sp³-hybridized carbons (Fsp3) is 0.917. The average Bonchev–Trinajstić information content (AvgIpc) is 2.64. The highest BCUT2D eigenvalue weighted by molar-refractivity contribution is 8.00. The van der Waals surface area contributed by atoms with Gasteiger partial charge in [0.05, 0.1) is 6.54 Å². The summed E-state index contributed by atoms with van der Waals surface area (Å²) in [7, 11) is 1.86. The van der Waals surface area contributed by atoms with Gasteiger partial charge in [-0.2, -0.15) is 11.8 Å². The molecule has 3 nitrogen and oxygen atoms in total. The van der Waals surface area contributed by atoms with Crippen LogP contribution < -0.4 is 5.32 Å². The molecule has 0 saturated carbocycles. The van der Waals surface area contributed by atoms with Gasteiger partial charge >= 0.3 is 0 Å². The lowest BCUT2D eigenvalue weighted by atomic mass is 10.1. The van der Waals surface area contributed by atoms with Gasteiger partial charge in [-0.25, -0.2) is 0 Å². The van der Waals surface area contributed by atoms with Gasteiger partial charge in [-0.15, -0.1) is 0 Å². The molecule has 16 heavy (non-hydrogen) atoms. The second-order valence-electron chi connectivity index (χ2n) is 5.10. The Kier molecular flexibility index (Phi) is 5.12. The van der Waals surface area contributed by atoms with Crippen molar-refractivity contribution in [3.8, 4) is 0 Å². The van der Waals surface area contributed by atoms with Crippen molar-refractivity contribution < 1.29 is 4.79 Å². The fourth-order valence-corrected chi connectivity index (χ4v) is 3.10. The van der Waals surface area contributed by atoms with Crippen LogP contribution in [0.4, 0.5) is 0 Å². The maximum Gasteiger partial charge on any atom is 0.236 e. The predicted molar refractivity (Wildman–Crippen MR) is 70.9 cm³/mol. The zero-order valence-corrected chi connectivity index (χ0v) is 11.7. The van der Waals surface area contributed by atoms with Gasteiger partial charge in [0, 0.05) is 24.4 Å². The highest BCUT2D eigenvalue weighted by Gasteiger charge is 2.29. The van der Waals surface area contributed by atoms with E-state index < -0.39 is 0 Å². The summed E-state index contributed by atoms with van der Waals surface area (Å²) in [5.74, 6) is 1.44. The molecule has 0 aromatic rings. The minimum atomic E-state index is 0.182. The highest BCUT2D eigenvalue weighted by atomic mass is 32.2. The van der Waals surface area contributed by atoms with E-state index in [1.54, 1.807) is 4.90 Å². The molecule has 1 amide bonds. The third-order valence-electron chi connectivity index (χ3n) is 3.24. The normalized spacial score (nSPS) is 25.1. The fourth-order valence-electron chi connectivity index (χ4n) is 1.82. The van der Waals surface area contributed by atoms with Crippen LogP contribution in [0.25, 0.3) is 0 Å². The summed E-state index contributed by atoms with van der Waals surface area (Å²) < 4.78 is 0.344. The van der Waals surface area contributed by atoms with Gasteiger partial charge in [-0.1, -0.05) is 0 Å². The Hall–Kier alpha value is -0.220. The summed E-state index contributed by atoms with van der Waals surface area (Å²) in [4.78, 5) is 13.5. The van der Waals surface area contributed by atoms with Gasteiger partial charge in [0.2, 0.25) is 5.91 Å². The van der Waals surface area contributed by atoms with Crippen LogP contribution in [0.3, 0.4) is 0 Å². The summed E-state index contributed by atoms with van der Waals surface area (Å²) >= 11 is 2.02. The quantitative estimate of drug-likeness (QED) is 0.799. The van der Waals surface area contributed by atoms with Crippen LogP contribution in [0, 0.1) is 0 Å². The highest BCUT2D eigenvalue weighted by Crippen LogP contribution is 2.36. The SMILES string of the molecule is CC(C)N(C)C(=O)CNCC1(C)CCCS1. The van der Waals surface area contributed by atoms with E-state index >= 15 is 0 Å². The lowest BCUT2D eigenvalue weighted by Crippen LogP contribution is -2.42. The molecule has 0 radical (unpaired) electrons. The first-order valence-electron chi connectivity index (χ1n) is 6.05. The van der Waals surface area contributed by atoms with E-state index in [-0.39, 0.29) is 11.9 Å². The Balaban J connectivity index is 2.22. The molecule has 1 aliphatic rings. The summed E-state index contributed by atoms with van der Waals surface area (Å²) in [6.45, 7) is 7.76. The Bertz CT molecular complexity index is 237. The maximum absolute atomic E-state index is 11.7. The monoisotopic (exact) mass is 244 g/mol. The van der Waals surface area contributed by atoms with E-state index in [0.717, 1.165) is 6.54 Å². The molecule has 1 unspecified atom stereocenters. The van der Waals surface area contributed by atoms with Crippen molar-refractivity contribution in [2.75, 3.05) is 25.9 Å². The first-order chi connectivity index (χ1) is 7.44. The summed E-state index contributed by atoms with van der Waals surface area (Å²) in [5, 5.41) is 3.29. The molecule has 1 rings (SSSR count). The van der Waals surface area contributed by atoms with Gasteiger partial charge < -0.3 is 10.2 Å². The number of nitrogens with one attached hydrogen (secondary N) is 1. The zero-order valence-electron chi connectivity index (χ0n) is 10.9. The largest absolute Gasteiger partial charge is 0.342 e. The molecule has 0 bridgehead atoms. The van der Waals surface area contributed by atoms with Crippen molar-refractivity contribution in [1.29, 1.82) is 0 Å². The lowest BCUT2D eigenvalue weighted by molar-refractivity contribution is -0.130.